The van der Waals surface area contributed by atoms with Gasteiger partial charge in [0.15, 0.2) is 5.69 Å². The number of carboxylic acid groups (broad SMARTS) is 1. The van der Waals surface area contributed by atoms with E-state index < -0.39 is 5.97 Å². The van der Waals surface area contributed by atoms with Crippen LogP contribution in [0.4, 0.5) is 0 Å². The van der Waals surface area contributed by atoms with Crippen LogP contribution in [0.2, 0.25) is 0 Å². The van der Waals surface area contributed by atoms with Crippen molar-refractivity contribution in [3.63, 3.8) is 0 Å². The third-order valence-electron chi connectivity index (χ3n) is 2.93. The summed E-state index contributed by atoms with van der Waals surface area (Å²) in [5, 5.41) is 10.4. The molecule has 0 bridgehead atoms. The monoisotopic (exact) mass is 284 g/mol. The molecule has 1 aromatic rings. The van der Waals surface area contributed by atoms with E-state index in [1.54, 1.807) is 0 Å². The van der Waals surface area contributed by atoms with Crippen molar-refractivity contribution < 1.29 is 9.90 Å². The fourth-order valence-electron chi connectivity index (χ4n) is 1.76. The minimum Gasteiger partial charge on any atom is -0.477 e. The fraction of sp³-hybridized carbons (Fsp3) is 0.583. The number of rotatable bonds is 2. The molecule has 1 N–H and O–H groups in total. The van der Waals surface area contributed by atoms with Gasteiger partial charge in [0.1, 0.15) is 5.82 Å². The highest BCUT2D eigenvalue weighted by Gasteiger charge is 2.29. The lowest BCUT2D eigenvalue weighted by Crippen LogP contribution is -2.23. The summed E-state index contributed by atoms with van der Waals surface area (Å²) in [7, 11) is 0. The van der Waals surface area contributed by atoms with Gasteiger partial charge in [-0.05, 0) is 13.0 Å². The van der Waals surface area contributed by atoms with Crippen LogP contribution >= 0.6 is 23.5 Å². The van der Waals surface area contributed by atoms with Gasteiger partial charge in [0.2, 0.25) is 0 Å². The van der Waals surface area contributed by atoms with E-state index >= 15 is 0 Å². The predicted octanol–water partition coefficient (Wildman–Crippen LogP) is 2.78. The van der Waals surface area contributed by atoms with Crippen LogP contribution in [0.5, 0.6) is 0 Å². The second kappa shape index (κ2) is 5.48. The molecule has 98 valence electrons. The molecule has 3 unspecified atom stereocenters. The molecule has 0 aliphatic carbocycles. The summed E-state index contributed by atoms with van der Waals surface area (Å²) in [6.45, 7) is 6.23. The molecule has 1 fully saturated rings. The SMILES string of the molecule is Cc1cc(C(=O)O)nc(C2CSC(C)C(C)S2)n1. The Morgan fingerprint density at radius 2 is 2.11 bits per heavy atom. The number of nitrogens with zero attached hydrogens (tertiary/aromatic N) is 2. The van der Waals surface area contributed by atoms with Gasteiger partial charge in [-0.2, -0.15) is 11.8 Å². The average Bonchev–Trinajstić information content (AvgIpc) is 2.31. The molecule has 0 radical (unpaired) electrons. The third-order valence-corrected chi connectivity index (χ3v) is 6.32. The van der Waals surface area contributed by atoms with Gasteiger partial charge >= 0.3 is 5.97 Å². The van der Waals surface area contributed by atoms with Crippen molar-refractivity contribution in [2.45, 2.75) is 36.5 Å². The van der Waals surface area contributed by atoms with Crippen LogP contribution in [0.1, 0.15) is 41.1 Å². The van der Waals surface area contributed by atoms with Crippen molar-refractivity contribution in [3.8, 4) is 0 Å². The molecule has 0 spiro atoms. The Hall–Kier alpha value is -0.750. The van der Waals surface area contributed by atoms with E-state index in [2.05, 4.69) is 23.8 Å². The summed E-state index contributed by atoms with van der Waals surface area (Å²) in [4.78, 5) is 19.6. The smallest absolute Gasteiger partial charge is 0.354 e. The van der Waals surface area contributed by atoms with Gasteiger partial charge in [0, 0.05) is 21.9 Å². The number of aromatic carboxylic acids is 1. The predicted molar refractivity (Wildman–Crippen MR) is 75.4 cm³/mol. The van der Waals surface area contributed by atoms with E-state index in [9.17, 15) is 4.79 Å². The Kier molecular flexibility index (Phi) is 4.17. The van der Waals surface area contributed by atoms with E-state index in [4.69, 9.17) is 5.11 Å². The summed E-state index contributed by atoms with van der Waals surface area (Å²) < 4.78 is 0. The summed E-state index contributed by atoms with van der Waals surface area (Å²) in [5.41, 5.74) is 0.809. The van der Waals surface area contributed by atoms with E-state index in [0.29, 0.717) is 22.0 Å². The first-order valence-corrected chi connectivity index (χ1v) is 7.82. The van der Waals surface area contributed by atoms with Crippen molar-refractivity contribution >= 4 is 29.5 Å². The molecule has 2 heterocycles. The van der Waals surface area contributed by atoms with Crippen molar-refractivity contribution in [2.24, 2.45) is 0 Å². The van der Waals surface area contributed by atoms with Gasteiger partial charge < -0.3 is 5.11 Å². The van der Waals surface area contributed by atoms with Crippen molar-refractivity contribution in [3.05, 3.63) is 23.3 Å². The Balaban J connectivity index is 2.25. The highest BCUT2D eigenvalue weighted by Crippen LogP contribution is 2.43. The van der Waals surface area contributed by atoms with Crippen LogP contribution in [0.3, 0.4) is 0 Å². The van der Waals surface area contributed by atoms with E-state index in [-0.39, 0.29) is 10.9 Å². The lowest BCUT2D eigenvalue weighted by Gasteiger charge is -2.30. The zero-order valence-electron chi connectivity index (χ0n) is 10.6. The number of carboxylic acids is 1. The number of hydrogen-bond acceptors (Lipinski definition) is 5. The van der Waals surface area contributed by atoms with Crippen molar-refractivity contribution in [1.29, 1.82) is 0 Å². The van der Waals surface area contributed by atoms with Gasteiger partial charge in [-0.15, -0.1) is 11.8 Å². The zero-order chi connectivity index (χ0) is 13.3. The summed E-state index contributed by atoms with van der Waals surface area (Å²) in [6.07, 6.45) is 0. The lowest BCUT2D eigenvalue weighted by atomic mass is 10.3. The topological polar surface area (TPSA) is 63.1 Å². The van der Waals surface area contributed by atoms with Crippen molar-refractivity contribution in [1.82, 2.24) is 9.97 Å². The highest BCUT2D eigenvalue weighted by molar-refractivity contribution is 8.07. The average molecular weight is 284 g/mol. The number of aryl methyl sites for hydroxylation is 1. The van der Waals surface area contributed by atoms with Gasteiger partial charge in [0.05, 0.1) is 5.25 Å². The van der Waals surface area contributed by atoms with E-state index in [0.717, 1.165) is 5.75 Å². The van der Waals surface area contributed by atoms with Gasteiger partial charge in [-0.1, -0.05) is 13.8 Å². The number of thioether (sulfide) groups is 2. The van der Waals surface area contributed by atoms with Crippen LogP contribution in [-0.2, 0) is 0 Å². The summed E-state index contributed by atoms with van der Waals surface area (Å²) >= 11 is 3.74. The molecule has 3 atom stereocenters. The molecular weight excluding hydrogens is 268 g/mol. The largest absolute Gasteiger partial charge is 0.477 e. The lowest BCUT2D eigenvalue weighted by molar-refractivity contribution is 0.0689. The molecule has 6 heteroatoms. The normalized spacial score (nSPS) is 28.1. The van der Waals surface area contributed by atoms with E-state index in [1.165, 1.54) is 6.07 Å². The minimum atomic E-state index is -0.989. The molecule has 0 aromatic carbocycles. The van der Waals surface area contributed by atoms with Gasteiger partial charge in [0.25, 0.3) is 0 Å². The Bertz CT molecular complexity index is 467. The zero-order valence-corrected chi connectivity index (χ0v) is 12.2. The maximum absolute atomic E-state index is 11.0. The van der Waals surface area contributed by atoms with Crippen LogP contribution in [0.15, 0.2) is 6.07 Å². The Labute approximate surface area is 115 Å². The number of carbonyl (C=O) groups is 1. The first kappa shape index (κ1) is 13.7. The van der Waals surface area contributed by atoms with Crippen LogP contribution in [0.25, 0.3) is 0 Å². The van der Waals surface area contributed by atoms with Crippen LogP contribution < -0.4 is 0 Å². The van der Waals surface area contributed by atoms with Crippen molar-refractivity contribution in [2.75, 3.05) is 5.75 Å². The van der Waals surface area contributed by atoms with Gasteiger partial charge in [-0.25, -0.2) is 14.8 Å². The maximum atomic E-state index is 11.0. The highest BCUT2D eigenvalue weighted by atomic mass is 32.2. The molecule has 2 rings (SSSR count). The van der Waals surface area contributed by atoms with Crippen LogP contribution in [0, 0.1) is 6.92 Å². The van der Waals surface area contributed by atoms with E-state index in [1.807, 2.05) is 30.4 Å². The molecule has 1 aliphatic heterocycles. The molecule has 0 amide bonds. The third kappa shape index (κ3) is 2.98. The molecule has 1 aliphatic rings. The summed E-state index contributed by atoms with van der Waals surface area (Å²) in [6, 6.07) is 1.51. The quantitative estimate of drug-likeness (QED) is 0.901. The summed E-state index contributed by atoms with van der Waals surface area (Å²) in [5.74, 6) is 0.610. The van der Waals surface area contributed by atoms with Crippen LogP contribution in [-0.4, -0.2) is 37.3 Å². The molecule has 1 saturated heterocycles. The first-order chi connectivity index (χ1) is 8.47. The molecule has 0 saturated carbocycles. The minimum absolute atomic E-state index is 0.0920. The van der Waals surface area contributed by atoms with Gasteiger partial charge in [-0.3, -0.25) is 0 Å². The second-order valence-corrected chi connectivity index (χ2v) is 7.42. The maximum Gasteiger partial charge on any atom is 0.354 e. The number of aromatic nitrogens is 2. The molecular formula is C12H16N2O2S2. The standard InChI is InChI=1S/C12H16N2O2S2/c1-6-4-9(12(15)16)14-11(13-6)10-5-17-7(2)8(3)18-10/h4,7-8,10H,5H2,1-3H3,(H,15,16). The Morgan fingerprint density at radius 1 is 1.39 bits per heavy atom. The second-order valence-electron chi connectivity index (χ2n) is 4.43. The fourth-order valence-corrected chi connectivity index (χ4v) is 4.61. The first-order valence-electron chi connectivity index (χ1n) is 5.83. The molecule has 1 aromatic heterocycles. The molecule has 4 nitrogen and oxygen atoms in total. The Morgan fingerprint density at radius 3 is 2.72 bits per heavy atom. The number of hydrogen-bond donors (Lipinski definition) is 1. The molecule has 18 heavy (non-hydrogen) atoms.